The Labute approximate surface area is 259 Å². The summed E-state index contributed by atoms with van der Waals surface area (Å²) in [7, 11) is 0. The molecule has 0 amide bonds. The van der Waals surface area contributed by atoms with Crippen molar-refractivity contribution in [2.24, 2.45) is 0 Å². The maximum absolute atomic E-state index is 5.27. The van der Waals surface area contributed by atoms with Crippen LogP contribution in [0.15, 0.2) is 158 Å². The van der Waals surface area contributed by atoms with Gasteiger partial charge in [-0.05, 0) is 64.9 Å². The highest BCUT2D eigenvalue weighted by atomic mass is 14.9. The van der Waals surface area contributed by atoms with Gasteiger partial charge in [-0.2, -0.15) is 0 Å². The third kappa shape index (κ3) is 5.58. The minimum atomic E-state index is 0.711. The van der Waals surface area contributed by atoms with Crippen LogP contribution in [0.4, 0.5) is 0 Å². The van der Waals surface area contributed by atoms with Gasteiger partial charge in [0.15, 0.2) is 5.82 Å². The van der Waals surface area contributed by atoms with Gasteiger partial charge < -0.3 is 0 Å². The van der Waals surface area contributed by atoms with Gasteiger partial charge in [-0.15, -0.1) is 0 Å². The highest BCUT2D eigenvalue weighted by molar-refractivity contribution is 5.91. The average Bonchev–Trinajstić information content (AvgIpc) is 3.08. The first-order chi connectivity index (χ1) is 21.6. The number of nitrogens with zero attached hydrogens (tertiary/aromatic N) is 2. The largest absolute Gasteiger partial charge is 0.236 e. The standard InChI is InChI=1S/C42H32N2/c1-29-12-8-16-32(24-29)34-18-10-20-36(26-34)38-22-6-7-23-39(38)41-40(28-43-42(44-41)31-14-4-3-5-15-31)37-21-11-19-35(27-37)33-17-9-13-30(2)25-33/h3-28H,1-2H3. The van der Waals surface area contributed by atoms with Crippen LogP contribution in [0.2, 0.25) is 0 Å². The monoisotopic (exact) mass is 564 g/mol. The van der Waals surface area contributed by atoms with Crippen molar-refractivity contribution < 1.29 is 0 Å². The summed E-state index contributed by atoms with van der Waals surface area (Å²) >= 11 is 0. The summed E-state index contributed by atoms with van der Waals surface area (Å²) < 4.78 is 0. The van der Waals surface area contributed by atoms with Crippen LogP contribution >= 0.6 is 0 Å². The summed E-state index contributed by atoms with van der Waals surface area (Å²) in [4.78, 5) is 10.2. The van der Waals surface area contributed by atoms with E-state index in [9.17, 15) is 0 Å². The summed E-state index contributed by atoms with van der Waals surface area (Å²) in [6.45, 7) is 4.27. The first-order valence-electron chi connectivity index (χ1n) is 15.0. The molecule has 44 heavy (non-hydrogen) atoms. The van der Waals surface area contributed by atoms with Crippen molar-refractivity contribution >= 4 is 0 Å². The van der Waals surface area contributed by atoms with Crippen molar-refractivity contribution in [1.29, 1.82) is 0 Å². The molecule has 0 N–H and O–H groups in total. The van der Waals surface area contributed by atoms with Crippen LogP contribution < -0.4 is 0 Å². The van der Waals surface area contributed by atoms with E-state index in [0.29, 0.717) is 5.82 Å². The molecule has 2 nitrogen and oxygen atoms in total. The first kappa shape index (κ1) is 27.2. The van der Waals surface area contributed by atoms with Crippen molar-refractivity contribution in [3.63, 3.8) is 0 Å². The van der Waals surface area contributed by atoms with E-state index >= 15 is 0 Å². The zero-order valence-corrected chi connectivity index (χ0v) is 24.9. The van der Waals surface area contributed by atoms with Gasteiger partial charge in [0, 0.05) is 22.9 Å². The number of hydrogen-bond acceptors (Lipinski definition) is 2. The van der Waals surface area contributed by atoms with Gasteiger partial charge in [0.1, 0.15) is 0 Å². The van der Waals surface area contributed by atoms with Crippen LogP contribution in [0.25, 0.3) is 67.2 Å². The van der Waals surface area contributed by atoms with Crippen LogP contribution in [0.5, 0.6) is 0 Å². The molecular weight excluding hydrogens is 532 g/mol. The molecule has 0 fully saturated rings. The summed E-state index contributed by atoms with van der Waals surface area (Å²) in [5.41, 5.74) is 14.6. The SMILES string of the molecule is Cc1cccc(-c2cccc(-c3ccccc3-c3nc(-c4ccccc4)ncc3-c3cccc(-c4cccc(C)c4)c3)c2)c1. The van der Waals surface area contributed by atoms with E-state index in [4.69, 9.17) is 9.97 Å². The van der Waals surface area contributed by atoms with E-state index < -0.39 is 0 Å². The highest BCUT2D eigenvalue weighted by Crippen LogP contribution is 2.39. The van der Waals surface area contributed by atoms with Crippen molar-refractivity contribution in [1.82, 2.24) is 9.97 Å². The molecule has 1 aromatic heterocycles. The lowest BCUT2D eigenvalue weighted by Gasteiger charge is -2.16. The van der Waals surface area contributed by atoms with E-state index in [2.05, 4.69) is 147 Å². The predicted molar refractivity (Wildman–Crippen MR) is 184 cm³/mol. The quantitative estimate of drug-likeness (QED) is 0.201. The molecule has 0 aliphatic rings. The maximum Gasteiger partial charge on any atom is 0.159 e. The molecule has 0 bridgehead atoms. The summed E-state index contributed by atoms with van der Waals surface area (Å²) in [5.74, 6) is 0.711. The van der Waals surface area contributed by atoms with E-state index in [1.54, 1.807) is 0 Å². The molecule has 2 heteroatoms. The van der Waals surface area contributed by atoms with Crippen molar-refractivity contribution in [3.05, 3.63) is 169 Å². The van der Waals surface area contributed by atoms with Gasteiger partial charge in [-0.1, -0.05) is 151 Å². The van der Waals surface area contributed by atoms with Crippen LogP contribution in [0.3, 0.4) is 0 Å². The molecule has 0 radical (unpaired) electrons. The molecule has 210 valence electrons. The third-order valence-corrected chi connectivity index (χ3v) is 8.05. The normalized spacial score (nSPS) is 11.0. The molecule has 6 aromatic carbocycles. The molecule has 0 spiro atoms. The van der Waals surface area contributed by atoms with Crippen LogP contribution in [-0.2, 0) is 0 Å². The Bertz CT molecular complexity index is 2090. The Morgan fingerprint density at radius 2 is 0.818 bits per heavy atom. The molecule has 0 unspecified atom stereocenters. The Morgan fingerprint density at radius 1 is 0.364 bits per heavy atom. The van der Waals surface area contributed by atoms with E-state index in [1.807, 2.05) is 24.4 Å². The predicted octanol–water partition coefficient (Wildman–Crippen LogP) is 11.1. The van der Waals surface area contributed by atoms with Gasteiger partial charge in [0.05, 0.1) is 5.69 Å². The number of aromatic nitrogens is 2. The number of benzene rings is 6. The van der Waals surface area contributed by atoms with Gasteiger partial charge in [-0.25, -0.2) is 9.97 Å². The lowest BCUT2D eigenvalue weighted by Crippen LogP contribution is -1.98. The van der Waals surface area contributed by atoms with Crippen molar-refractivity contribution in [2.45, 2.75) is 13.8 Å². The van der Waals surface area contributed by atoms with E-state index in [0.717, 1.165) is 39.1 Å². The zero-order chi connectivity index (χ0) is 29.9. The van der Waals surface area contributed by atoms with Gasteiger partial charge in [0.2, 0.25) is 0 Å². The smallest absolute Gasteiger partial charge is 0.159 e. The fraction of sp³-hybridized carbons (Fsp3) is 0.0476. The van der Waals surface area contributed by atoms with Gasteiger partial charge >= 0.3 is 0 Å². The molecule has 1 heterocycles. The minimum absolute atomic E-state index is 0.711. The van der Waals surface area contributed by atoms with E-state index in [1.165, 1.54) is 33.4 Å². The number of rotatable bonds is 6. The summed E-state index contributed by atoms with van der Waals surface area (Å²) in [6.07, 6.45) is 1.99. The molecular formula is C42H32N2. The highest BCUT2D eigenvalue weighted by Gasteiger charge is 2.17. The van der Waals surface area contributed by atoms with Gasteiger partial charge in [0.25, 0.3) is 0 Å². The lowest BCUT2D eigenvalue weighted by atomic mass is 9.91. The van der Waals surface area contributed by atoms with E-state index in [-0.39, 0.29) is 0 Å². The second-order valence-electron chi connectivity index (χ2n) is 11.3. The molecule has 0 saturated carbocycles. The first-order valence-corrected chi connectivity index (χ1v) is 15.0. The van der Waals surface area contributed by atoms with Crippen LogP contribution in [-0.4, -0.2) is 9.97 Å². The summed E-state index contributed by atoms with van der Waals surface area (Å²) in [6, 6.07) is 53.6. The third-order valence-electron chi connectivity index (χ3n) is 8.05. The van der Waals surface area contributed by atoms with Crippen LogP contribution in [0.1, 0.15) is 11.1 Å². The fourth-order valence-electron chi connectivity index (χ4n) is 5.85. The second-order valence-corrected chi connectivity index (χ2v) is 11.3. The molecule has 0 atom stereocenters. The average molecular weight is 565 g/mol. The topological polar surface area (TPSA) is 25.8 Å². The zero-order valence-electron chi connectivity index (χ0n) is 24.9. The molecule has 7 rings (SSSR count). The molecule has 0 aliphatic carbocycles. The van der Waals surface area contributed by atoms with Crippen molar-refractivity contribution in [2.75, 3.05) is 0 Å². The molecule has 7 aromatic rings. The Balaban J connectivity index is 1.41. The van der Waals surface area contributed by atoms with Crippen molar-refractivity contribution in [3.8, 4) is 67.2 Å². The summed E-state index contributed by atoms with van der Waals surface area (Å²) in [5, 5.41) is 0. The number of hydrogen-bond donors (Lipinski definition) is 0. The number of aryl methyl sites for hydroxylation is 2. The molecule has 0 saturated heterocycles. The minimum Gasteiger partial charge on any atom is -0.236 e. The Morgan fingerprint density at radius 3 is 1.41 bits per heavy atom. The maximum atomic E-state index is 5.27. The Kier molecular flexibility index (Phi) is 7.40. The van der Waals surface area contributed by atoms with Gasteiger partial charge in [-0.3, -0.25) is 0 Å². The lowest BCUT2D eigenvalue weighted by molar-refractivity contribution is 1.18. The fourth-order valence-corrected chi connectivity index (χ4v) is 5.85. The van der Waals surface area contributed by atoms with Crippen LogP contribution in [0, 0.1) is 13.8 Å². The second kappa shape index (κ2) is 11.9. The Hall–Kier alpha value is -5.60. The molecule has 0 aliphatic heterocycles.